The van der Waals surface area contributed by atoms with Gasteiger partial charge in [0.05, 0.1) is 14.2 Å². The monoisotopic (exact) mass is 496 g/mol. The molecule has 1 aromatic carbocycles. The minimum atomic E-state index is 0.0534. The fraction of sp³-hybridized carbons (Fsp3) is 0.409. The number of benzene rings is 1. The number of aromatic nitrogens is 1. The Morgan fingerprint density at radius 3 is 2.50 bits per heavy atom. The Bertz CT molecular complexity index is 810. The summed E-state index contributed by atoms with van der Waals surface area (Å²) in [6.45, 7) is 6.33. The van der Waals surface area contributed by atoms with Crippen LogP contribution in [0.25, 0.3) is 6.08 Å². The van der Waals surface area contributed by atoms with E-state index in [0.29, 0.717) is 0 Å². The second-order valence-corrected chi connectivity index (χ2v) is 7.53. The largest absolute Gasteiger partial charge is 0.493 e. The molecule has 0 N–H and O–H groups in total. The Hall–Kier alpha value is -1.96. The van der Waals surface area contributed by atoms with Crippen LogP contribution in [0.3, 0.4) is 0 Å². The molecular formula is C22H29IN2O3. The molecule has 6 heteroatoms. The maximum absolute atomic E-state index is 12.2. The molecule has 0 radical (unpaired) electrons. The van der Waals surface area contributed by atoms with Crippen LogP contribution in [-0.4, -0.2) is 42.7 Å². The molecule has 0 saturated carbocycles. The molecule has 1 amide bonds. The molecule has 0 saturated heterocycles. The number of rotatable bonds is 10. The summed E-state index contributed by atoms with van der Waals surface area (Å²) in [7, 11) is 3.31. The average molecular weight is 496 g/mol. The summed E-state index contributed by atoms with van der Waals surface area (Å²) in [5.41, 5.74) is 2.29. The summed E-state index contributed by atoms with van der Waals surface area (Å²) in [4.78, 5) is 14.0. The number of hydrogen-bond acceptors (Lipinski definition) is 3. The van der Waals surface area contributed by atoms with E-state index < -0.39 is 0 Å². The molecule has 0 atom stereocenters. The quantitative estimate of drug-likeness (QED) is 0.356. The van der Waals surface area contributed by atoms with Crippen molar-refractivity contribution >= 4 is 34.6 Å². The number of carbonyl (C=O) groups excluding carboxylic acids is 1. The van der Waals surface area contributed by atoms with Gasteiger partial charge in [0.1, 0.15) is 0 Å². The molecule has 0 aliphatic heterocycles. The first-order chi connectivity index (χ1) is 13.5. The van der Waals surface area contributed by atoms with Gasteiger partial charge in [-0.15, -0.1) is 0 Å². The second-order valence-electron chi connectivity index (χ2n) is 6.37. The summed E-state index contributed by atoms with van der Waals surface area (Å²) in [5.74, 6) is 1.57. The maximum Gasteiger partial charge on any atom is 0.246 e. The first-order valence-electron chi connectivity index (χ1n) is 9.56. The number of halogens is 1. The van der Waals surface area contributed by atoms with Gasteiger partial charge in [-0.1, -0.05) is 0 Å². The Kier molecular flexibility index (Phi) is 8.89. The molecule has 152 valence electrons. The molecule has 5 nitrogen and oxygen atoms in total. The van der Waals surface area contributed by atoms with Gasteiger partial charge in [0.25, 0.3) is 0 Å². The lowest BCUT2D eigenvalue weighted by Gasteiger charge is -2.16. The van der Waals surface area contributed by atoms with E-state index >= 15 is 0 Å². The van der Waals surface area contributed by atoms with Crippen LogP contribution in [0.2, 0.25) is 0 Å². The third-order valence-electron chi connectivity index (χ3n) is 4.73. The minimum absolute atomic E-state index is 0.0534. The highest BCUT2D eigenvalue weighted by atomic mass is 127. The van der Waals surface area contributed by atoms with E-state index in [1.165, 1.54) is 9.13 Å². The zero-order chi connectivity index (χ0) is 20.5. The zero-order valence-corrected chi connectivity index (χ0v) is 19.2. The predicted molar refractivity (Wildman–Crippen MR) is 122 cm³/mol. The van der Waals surface area contributed by atoms with Crippen LogP contribution in [0.4, 0.5) is 0 Å². The standard InChI is InChI=1S/C22H29IN2O3/c1-5-24(6-2)22(26)12-11-18-10-8-14-25(18)13-7-9-17-15-20(27-3)21(28-4)16-19(17)23/h8,10-12,14-16H,5-7,9,13H2,1-4H3/b12-11+. The summed E-state index contributed by atoms with van der Waals surface area (Å²) in [5, 5.41) is 0. The van der Waals surface area contributed by atoms with Crippen molar-refractivity contribution in [2.24, 2.45) is 0 Å². The van der Waals surface area contributed by atoms with Gasteiger partial charge in [-0.05, 0) is 85.2 Å². The van der Waals surface area contributed by atoms with Crippen LogP contribution >= 0.6 is 22.6 Å². The van der Waals surface area contributed by atoms with Crippen LogP contribution in [-0.2, 0) is 17.8 Å². The van der Waals surface area contributed by atoms with Crippen molar-refractivity contribution in [1.29, 1.82) is 0 Å². The van der Waals surface area contributed by atoms with E-state index in [1.807, 2.05) is 43.0 Å². The van der Waals surface area contributed by atoms with Crippen LogP contribution in [0.1, 0.15) is 31.5 Å². The average Bonchev–Trinajstić information content (AvgIpc) is 3.15. The van der Waals surface area contributed by atoms with Crippen LogP contribution in [0, 0.1) is 3.57 Å². The molecule has 2 aromatic rings. The normalized spacial score (nSPS) is 11.0. The van der Waals surface area contributed by atoms with Gasteiger partial charge in [0, 0.05) is 41.2 Å². The van der Waals surface area contributed by atoms with Crippen LogP contribution in [0.15, 0.2) is 36.5 Å². The minimum Gasteiger partial charge on any atom is -0.493 e. The van der Waals surface area contributed by atoms with Crippen molar-refractivity contribution in [3.8, 4) is 11.5 Å². The third kappa shape index (κ3) is 5.77. The number of amides is 1. The van der Waals surface area contributed by atoms with Gasteiger partial charge in [0.2, 0.25) is 5.91 Å². The highest BCUT2D eigenvalue weighted by Gasteiger charge is 2.10. The Morgan fingerprint density at radius 1 is 1.18 bits per heavy atom. The number of carbonyl (C=O) groups is 1. The summed E-state index contributed by atoms with van der Waals surface area (Å²) in [6, 6.07) is 8.12. The van der Waals surface area contributed by atoms with Gasteiger partial charge in [-0.3, -0.25) is 4.79 Å². The smallest absolute Gasteiger partial charge is 0.246 e. The summed E-state index contributed by atoms with van der Waals surface area (Å²) in [6.07, 6.45) is 7.56. The lowest BCUT2D eigenvalue weighted by molar-refractivity contribution is -0.125. The van der Waals surface area contributed by atoms with E-state index in [9.17, 15) is 4.79 Å². The van der Waals surface area contributed by atoms with E-state index in [-0.39, 0.29) is 5.91 Å². The summed E-state index contributed by atoms with van der Waals surface area (Å²) < 4.78 is 14.1. The third-order valence-corrected chi connectivity index (χ3v) is 5.74. The lowest BCUT2D eigenvalue weighted by Crippen LogP contribution is -2.28. The Balaban J connectivity index is 2.00. The SMILES string of the molecule is CCN(CC)C(=O)/C=C/c1cccn1CCCc1cc(OC)c(OC)cc1I. The molecule has 0 bridgehead atoms. The number of aryl methyl sites for hydroxylation is 2. The number of hydrogen-bond donors (Lipinski definition) is 0. The fourth-order valence-electron chi connectivity index (χ4n) is 3.11. The van der Waals surface area contributed by atoms with Gasteiger partial charge in [0.15, 0.2) is 11.5 Å². The highest BCUT2D eigenvalue weighted by Crippen LogP contribution is 2.31. The molecule has 1 heterocycles. The van der Waals surface area contributed by atoms with Crippen molar-refractivity contribution < 1.29 is 14.3 Å². The first kappa shape index (κ1) is 22.3. The molecule has 0 aliphatic carbocycles. The van der Waals surface area contributed by atoms with E-state index in [4.69, 9.17) is 9.47 Å². The topological polar surface area (TPSA) is 43.7 Å². The number of likely N-dealkylation sites (N-methyl/N-ethyl adjacent to an activating group) is 1. The summed E-state index contributed by atoms with van der Waals surface area (Å²) >= 11 is 2.34. The molecule has 0 fully saturated rings. The molecule has 0 unspecified atom stereocenters. The van der Waals surface area contributed by atoms with E-state index in [1.54, 1.807) is 20.3 Å². The lowest BCUT2D eigenvalue weighted by atomic mass is 10.1. The van der Waals surface area contributed by atoms with Crippen LogP contribution in [0.5, 0.6) is 11.5 Å². The Labute approximate surface area is 181 Å². The van der Waals surface area contributed by atoms with E-state index in [2.05, 4.69) is 39.4 Å². The van der Waals surface area contributed by atoms with Crippen molar-refractivity contribution in [1.82, 2.24) is 9.47 Å². The maximum atomic E-state index is 12.2. The van der Waals surface area contributed by atoms with Gasteiger partial charge in [-0.2, -0.15) is 0 Å². The van der Waals surface area contributed by atoms with E-state index in [0.717, 1.165) is 49.7 Å². The predicted octanol–water partition coefficient (Wildman–Crippen LogP) is 4.62. The number of nitrogens with zero attached hydrogens (tertiary/aromatic N) is 2. The van der Waals surface area contributed by atoms with Crippen LogP contribution < -0.4 is 9.47 Å². The second kappa shape index (κ2) is 11.1. The number of ether oxygens (including phenoxy) is 2. The van der Waals surface area contributed by atoms with Gasteiger partial charge >= 0.3 is 0 Å². The van der Waals surface area contributed by atoms with Crippen molar-refractivity contribution in [2.75, 3.05) is 27.3 Å². The molecule has 28 heavy (non-hydrogen) atoms. The molecule has 2 rings (SSSR count). The van der Waals surface area contributed by atoms with Crippen molar-refractivity contribution in [3.05, 3.63) is 51.4 Å². The number of methoxy groups -OCH3 is 2. The molecule has 0 aliphatic rings. The Morgan fingerprint density at radius 2 is 1.86 bits per heavy atom. The first-order valence-corrected chi connectivity index (χ1v) is 10.6. The van der Waals surface area contributed by atoms with Gasteiger partial charge < -0.3 is 18.9 Å². The highest BCUT2D eigenvalue weighted by molar-refractivity contribution is 14.1. The van der Waals surface area contributed by atoms with Crippen molar-refractivity contribution in [3.63, 3.8) is 0 Å². The molecular weight excluding hydrogens is 467 g/mol. The zero-order valence-electron chi connectivity index (χ0n) is 17.1. The van der Waals surface area contributed by atoms with Gasteiger partial charge in [-0.25, -0.2) is 0 Å². The molecule has 1 aromatic heterocycles. The van der Waals surface area contributed by atoms with Crippen molar-refractivity contribution in [2.45, 2.75) is 33.2 Å². The fourth-order valence-corrected chi connectivity index (χ4v) is 3.82. The molecule has 0 spiro atoms.